The number of aromatic nitrogens is 4. The summed E-state index contributed by atoms with van der Waals surface area (Å²) in [5.74, 6) is -0.983. The number of aromatic amines is 1. The molecule has 0 radical (unpaired) electrons. The van der Waals surface area contributed by atoms with E-state index < -0.39 is 23.0 Å². The molecule has 0 saturated carbocycles. The molecule has 8 nitrogen and oxygen atoms in total. The van der Waals surface area contributed by atoms with Crippen LogP contribution in [0.3, 0.4) is 0 Å². The second-order valence-corrected chi connectivity index (χ2v) is 6.23. The van der Waals surface area contributed by atoms with Crippen molar-refractivity contribution in [1.29, 1.82) is 0 Å². The lowest BCUT2D eigenvalue weighted by molar-refractivity contribution is -0.113. The van der Waals surface area contributed by atoms with E-state index in [9.17, 15) is 18.8 Å². The Morgan fingerprint density at radius 2 is 2.00 bits per heavy atom. The number of H-pyrrole nitrogens is 1. The third-order valence-electron chi connectivity index (χ3n) is 3.56. The third-order valence-corrected chi connectivity index (χ3v) is 4.43. The quantitative estimate of drug-likeness (QED) is 0.669. The minimum absolute atomic E-state index is 0.0393. The number of imidazole rings is 1. The number of hydrogen-bond acceptors (Lipinski definition) is 5. The van der Waals surface area contributed by atoms with Crippen molar-refractivity contribution in [2.24, 2.45) is 14.1 Å². The van der Waals surface area contributed by atoms with E-state index in [-0.39, 0.29) is 22.6 Å². The van der Waals surface area contributed by atoms with E-state index >= 15 is 0 Å². The predicted octanol–water partition coefficient (Wildman–Crippen LogP) is 0.830. The fraction of sp³-hybridized carbons (Fsp3) is 0.200. The van der Waals surface area contributed by atoms with Gasteiger partial charge in [0.2, 0.25) is 5.91 Å². The Bertz CT molecular complexity index is 1080. The summed E-state index contributed by atoms with van der Waals surface area (Å²) in [5, 5.41) is 2.77. The zero-order chi connectivity index (χ0) is 18.1. The van der Waals surface area contributed by atoms with Gasteiger partial charge in [-0.1, -0.05) is 23.9 Å². The van der Waals surface area contributed by atoms with Crippen LogP contribution in [0, 0.1) is 5.82 Å². The summed E-state index contributed by atoms with van der Waals surface area (Å²) < 4.78 is 15.7. The Morgan fingerprint density at radius 3 is 2.72 bits per heavy atom. The van der Waals surface area contributed by atoms with Gasteiger partial charge in [-0.2, -0.15) is 0 Å². The summed E-state index contributed by atoms with van der Waals surface area (Å²) in [4.78, 5) is 42.9. The third kappa shape index (κ3) is 3.20. The highest BCUT2D eigenvalue weighted by atomic mass is 32.2. The first-order chi connectivity index (χ1) is 11.9. The summed E-state index contributed by atoms with van der Waals surface area (Å²) in [6, 6.07) is 5.84. The number of benzene rings is 1. The number of thioether (sulfide) groups is 1. The summed E-state index contributed by atoms with van der Waals surface area (Å²) >= 11 is 1.04. The van der Waals surface area contributed by atoms with E-state index in [1.54, 1.807) is 6.07 Å². The van der Waals surface area contributed by atoms with E-state index in [0.29, 0.717) is 5.16 Å². The molecule has 3 rings (SSSR count). The van der Waals surface area contributed by atoms with Gasteiger partial charge in [-0.25, -0.2) is 14.2 Å². The van der Waals surface area contributed by atoms with Crippen LogP contribution in [0.4, 0.5) is 10.1 Å². The first-order valence-corrected chi connectivity index (χ1v) is 8.20. The predicted molar refractivity (Wildman–Crippen MR) is 92.3 cm³/mol. The monoisotopic (exact) mass is 363 g/mol. The highest BCUT2D eigenvalue weighted by molar-refractivity contribution is 7.99. The van der Waals surface area contributed by atoms with Crippen LogP contribution in [0.15, 0.2) is 39.0 Å². The van der Waals surface area contributed by atoms with Gasteiger partial charge >= 0.3 is 5.69 Å². The molecule has 1 amide bonds. The van der Waals surface area contributed by atoms with Crippen molar-refractivity contribution < 1.29 is 9.18 Å². The van der Waals surface area contributed by atoms with Gasteiger partial charge in [0.15, 0.2) is 16.3 Å². The number of aryl methyl sites for hydroxylation is 1. The smallest absolute Gasteiger partial charge is 0.327 e. The number of para-hydroxylation sites is 1. The van der Waals surface area contributed by atoms with Crippen LogP contribution in [0.1, 0.15) is 0 Å². The van der Waals surface area contributed by atoms with Gasteiger partial charge in [-0.15, -0.1) is 0 Å². The summed E-state index contributed by atoms with van der Waals surface area (Å²) in [7, 11) is 2.88. The first kappa shape index (κ1) is 17.0. The van der Waals surface area contributed by atoms with Crippen LogP contribution >= 0.6 is 11.8 Å². The van der Waals surface area contributed by atoms with Crippen LogP contribution in [0.2, 0.25) is 0 Å². The first-order valence-electron chi connectivity index (χ1n) is 7.21. The number of amides is 1. The average Bonchev–Trinajstić information content (AvgIpc) is 3.03. The SMILES string of the molecule is Cn1c(=O)c2[nH]c(SCC(=O)Nc3ccccc3F)nc2n(C)c1=O. The van der Waals surface area contributed by atoms with Gasteiger partial charge in [0, 0.05) is 14.1 Å². The molecule has 0 spiro atoms. The van der Waals surface area contributed by atoms with Crippen LogP contribution < -0.4 is 16.6 Å². The summed E-state index contributed by atoms with van der Waals surface area (Å²) in [5.41, 5.74) is -0.494. The highest BCUT2D eigenvalue weighted by Gasteiger charge is 2.15. The Morgan fingerprint density at radius 1 is 1.28 bits per heavy atom. The van der Waals surface area contributed by atoms with Gasteiger partial charge in [-0.05, 0) is 12.1 Å². The molecule has 3 aromatic rings. The molecule has 2 heterocycles. The van der Waals surface area contributed by atoms with Crippen molar-refractivity contribution in [1.82, 2.24) is 19.1 Å². The van der Waals surface area contributed by atoms with Gasteiger partial charge < -0.3 is 10.3 Å². The van der Waals surface area contributed by atoms with Gasteiger partial charge in [0.25, 0.3) is 5.56 Å². The van der Waals surface area contributed by atoms with E-state index in [1.807, 2.05) is 0 Å². The van der Waals surface area contributed by atoms with Gasteiger partial charge in [-0.3, -0.25) is 18.7 Å². The molecule has 0 aliphatic rings. The number of carbonyl (C=O) groups excluding carboxylic acids is 1. The molecule has 130 valence electrons. The molecule has 10 heteroatoms. The Balaban J connectivity index is 1.78. The maximum Gasteiger partial charge on any atom is 0.332 e. The molecule has 0 aliphatic heterocycles. The molecule has 0 fully saturated rings. The summed E-state index contributed by atoms with van der Waals surface area (Å²) in [6.45, 7) is 0. The zero-order valence-corrected chi connectivity index (χ0v) is 14.2. The number of anilines is 1. The molecule has 0 bridgehead atoms. The van der Waals surface area contributed by atoms with Crippen molar-refractivity contribution in [3.63, 3.8) is 0 Å². The number of nitrogens with one attached hydrogen (secondary N) is 2. The lowest BCUT2D eigenvalue weighted by Crippen LogP contribution is -2.36. The molecule has 0 saturated heterocycles. The van der Waals surface area contributed by atoms with Crippen LogP contribution in [0.5, 0.6) is 0 Å². The maximum atomic E-state index is 13.5. The largest absolute Gasteiger partial charge is 0.332 e. The van der Waals surface area contributed by atoms with Crippen molar-refractivity contribution in [2.45, 2.75) is 5.16 Å². The number of hydrogen-bond donors (Lipinski definition) is 2. The molecule has 0 unspecified atom stereocenters. The minimum Gasteiger partial charge on any atom is -0.327 e. The van der Waals surface area contributed by atoms with Crippen molar-refractivity contribution in [3.8, 4) is 0 Å². The highest BCUT2D eigenvalue weighted by Crippen LogP contribution is 2.18. The molecule has 1 aromatic carbocycles. The zero-order valence-electron chi connectivity index (χ0n) is 13.4. The Labute approximate surface area is 144 Å². The van der Waals surface area contributed by atoms with E-state index in [4.69, 9.17) is 0 Å². The molecule has 25 heavy (non-hydrogen) atoms. The minimum atomic E-state index is -0.525. The number of nitrogens with zero attached hydrogens (tertiary/aromatic N) is 3. The van der Waals surface area contributed by atoms with Crippen LogP contribution in [-0.2, 0) is 18.9 Å². The molecular weight excluding hydrogens is 349 g/mol. The molecule has 0 aliphatic carbocycles. The van der Waals surface area contributed by atoms with Crippen molar-refractivity contribution >= 4 is 34.5 Å². The van der Waals surface area contributed by atoms with Gasteiger partial charge in [0.05, 0.1) is 11.4 Å². The number of carbonyl (C=O) groups is 1. The second kappa shape index (κ2) is 6.55. The fourth-order valence-electron chi connectivity index (χ4n) is 2.26. The summed E-state index contributed by atoms with van der Waals surface area (Å²) in [6.07, 6.45) is 0. The lowest BCUT2D eigenvalue weighted by atomic mass is 10.3. The van der Waals surface area contributed by atoms with E-state index in [2.05, 4.69) is 15.3 Å². The number of halogens is 1. The lowest BCUT2D eigenvalue weighted by Gasteiger charge is -2.04. The van der Waals surface area contributed by atoms with Crippen LogP contribution in [0.25, 0.3) is 11.2 Å². The van der Waals surface area contributed by atoms with Gasteiger partial charge in [0.1, 0.15) is 5.82 Å². The van der Waals surface area contributed by atoms with E-state index in [1.165, 1.54) is 36.9 Å². The second-order valence-electron chi connectivity index (χ2n) is 5.26. The topological polar surface area (TPSA) is 102 Å². The number of fused-ring (bicyclic) bond motifs is 1. The molecule has 0 atom stereocenters. The Hall–Kier alpha value is -2.88. The Kier molecular flexibility index (Phi) is 4.45. The molecular formula is C15H14FN5O3S. The molecule has 2 N–H and O–H groups in total. The van der Waals surface area contributed by atoms with Crippen molar-refractivity contribution in [3.05, 3.63) is 50.9 Å². The fourth-order valence-corrected chi connectivity index (χ4v) is 2.92. The normalized spacial score (nSPS) is 11.0. The average molecular weight is 363 g/mol. The van der Waals surface area contributed by atoms with Crippen LogP contribution in [-0.4, -0.2) is 30.8 Å². The van der Waals surface area contributed by atoms with Crippen molar-refractivity contribution in [2.75, 3.05) is 11.1 Å². The molecule has 2 aromatic heterocycles. The standard InChI is InChI=1S/C15H14FN5O3S/c1-20-12-11(13(23)21(2)15(20)24)18-14(19-12)25-7-10(22)17-9-6-4-3-5-8(9)16/h3-6H,7H2,1-2H3,(H,17,22)(H,18,19). The number of rotatable bonds is 4. The maximum absolute atomic E-state index is 13.5. The van der Waals surface area contributed by atoms with E-state index in [0.717, 1.165) is 16.3 Å².